The lowest BCUT2D eigenvalue weighted by molar-refractivity contribution is 0.633. The van der Waals surface area contributed by atoms with Crippen molar-refractivity contribution >= 4 is 11.6 Å². The van der Waals surface area contributed by atoms with Crippen LogP contribution >= 0.6 is 0 Å². The molecule has 0 atom stereocenters. The zero-order valence-electron chi connectivity index (χ0n) is 11.9. The standard InChI is InChI=1S/C15H20N4/c1-10-7-11(12-8-17-14(16)18-9-12)5-6-13(10)19-15(2,3)4/h5-9,19H,1-4H3,(H2,16,17,18). The van der Waals surface area contributed by atoms with Gasteiger partial charge < -0.3 is 11.1 Å². The highest BCUT2D eigenvalue weighted by Gasteiger charge is 2.11. The van der Waals surface area contributed by atoms with Gasteiger partial charge in [0, 0.05) is 29.2 Å². The molecular weight excluding hydrogens is 236 g/mol. The Bertz CT molecular complexity index is 568. The van der Waals surface area contributed by atoms with Crippen molar-refractivity contribution in [2.45, 2.75) is 33.2 Å². The number of hydrogen-bond acceptors (Lipinski definition) is 4. The minimum atomic E-state index is 0.0522. The molecule has 1 aromatic carbocycles. The van der Waals surface area contributed by atoms with Gasteiger partial charge in [0.2, 0.25) is 5.95 Å². The van der Waals surface area contributed by atoms with Gasteiger partial charge in [0.1, 0.15) is 0 Å². The molecule has 0 radical (unpaired) electrons. The molecule has 19 heavy (non-hydrogen) atoms. The number of anilines is 2. The van der Waals surface area contributed by atoms with Gasteiger partial charge >= 0.3 is 0 Å². The van der Waals surface area contributed by atoms with E-state index in [-0.39, 0.29) is 5.54 Å². The third kappa shape index (κ3) is 3.44. The predicted molar refractivity (Wildman–Crippen MR) is 80.0 cm³/mol. The Balaban J connectivity index is 2.31. The van der Waals surface area contributed by atoms with Gasteiger partial charge in [0.15, 0.2) is 0 Å². The van der Waals surface area contributed by atoms with Gasteiger partial charge in [-0.3, -0.25) is 0 Å². The zero-order chi connectivity index (χ0) is 14.0. The minimum Gasteiger partial charge on any atom is -0.380 e. The number of benzene rings is 1. The van der Waals surface area contributed by atoms with E-state index in [0.717, 1.165) is 16.8 Å². The van der Waals surface area contributed by atoms with Crippen LogP contribution < -0.4 is 11.1 Å². The van der Waals surface area contributed by atoms with Crippen molar-refractivity contribution in [3.63, 3.8) is 0 Å². The molecule has 0 unspecified atom stereocenters. The Kier molecular flexibility index (Phi) is 3.42. The maximum atomic E-state index is 5.50. The van der Waals surface area contributed by atoms with Crippen LogP contribution in [0, 0.1) is 6.92 Å². The zero-order valence-corrected chi connectivity index (χ0v) is 11.9. The third-order valence-electron chi connectivity index (χ3n) is 2.74. The first-order valence-corrected chi connectivity index (χ1v) is 6.32. The molecule has 2 aromatic rings. The molecule has 0 spiro atoms. The maximum absolute atomic E-state index is 5.50. The third-order valence-corrected chi connectivity index (χ3v) is 2.74. The molecule has 0 saturated carbocycles. The van der Waals surface area contributed by atoms with Crippen LogP contribution in [0.5, 0.6) is 0 Å². The summed E-state index contributed by atoms with van der Waals surface area (Å²) in [7, 11) is 0. The van der Waals surface area contributed by atoms with E-state index in [1.165, 1.54) is 5.56 Å². The molecule has 1 heterocycles. The molecule has 100 valence electrons. The number of nitrogens with two attached hydrogens (primary N) is 1. The number of aryl methyl sites for hydroxylation is 1. The molecule has 0 fully saturated rings. The van der Waals surface area contributed by atoms with Crippen LogP contribution in [0.2, 0.25) is 0 Å². The first-order chi connectivity index (χ1) is 8.85. The highest BCUT2D eigenvalue weighted by Crippen LogP contribution is 2.25. The van der Waals surface area contributed by atoms with E-state index in [1.807, 2.05) is 0 Å². The van der Waals surface area contributed by atoms with Crippen molar-refractivity contribution in [3.8, 4) is 11.1 Å². The number of nitrogen functional groups attached to an aromatic ring is 1. The summed E-state index contributed by atoms with van der Waals surface area (Å²) in [4.78, 5) is 8.04. The van der Waals surface area contributed by atoms with E-state index in [1.54, 1.807) is 12.4 Å². The minimum absolute atomic E-state index is 0.0522. The molecule has 4 nitrogen and oxygen atoms in total. The molecule has 1 aromatic heterocycles. The van der Waals surface area contributed by atoms with E-state index in [2.05, 4.69) is 61.2 Å². The Hall–Kier alpha value is -2.10. The summed E-state index contributed by atoms with van der Waals surface area (Å²) in [6.45, 7) is 8.53. The van der Waals surface area contributed by atoms with Crippen molar-refractivity contribution in [3.05, 3.63) is 36.2 Å². The second-order valence-corrected chi connectivity index (χ2v) is 5.73. The summed E-state index contributed by atoms with van der Waals surface area (Å²) < 4.78 is 0. The first-order valence-electron chi connectivity index (χ1n) is 6.32. The summed E-state index contributed by atoms with van der Waals surface area (Å²) in [5.74, 6) is 0.298. The number of hydrogen-bond donors (Lipinski definition) is 2. The highest BCUT2D eigenvalue weighted by molar-refractivity contribution is 5.67. The largest absolute Gasteiger partial charge is 0.380 e. The lowest BCUT2D eigenvalue weighted by atomic mass is 10.0. The Morgan fingerprint density at radius 2 is 1.68 bits per heavy atom. The fourth-order valence-corrected chi connectivity index (χ4v) is 1.87. The second-order valence-electron chi connectivity index (χ2n) is 5.73. The van der Waals surface area contributed by atoms with Gasteiger partial charge in [-0.2, -0.15) is 0 Å². The summed E-state index contributed by atoms with van der Waals surface area (Å²) in [5, 5.41) is 3.49. The number of nitrogens with zero attached hydrogens (tertiary/aromatic N) is 2. The Morgan fingerprint density at radius 3 is 2.21 bits per heavy atom. The van der Waals surface area contributed by atoms with Crippen LogP contribution in [-0.4, -0.2) is 15.5 Å². The summed E-state index contributed by atoms with van der Waals surface area (Å²) in [6, 6.07) is 6.28. The van der Waals surface area contributed by atoms with Gasteiger partial charge in [-0.1, -0.05) is 6.07 Å². The van der Waals surface area contributed by atoms with Crippen LogP contribution in [0.15, 0.2) is 30.6 Å². The van der Waals surface area contributed by atoms with Crippen LogP contribution in [0.25, 0.3) is 11.1 Å². The predicted octanol–water partition coefficient (Wildman–Crippen LogP) is 3.24. The average Bonchev–Trinajstić information content (AvgIpc) is 2.31. The molecule has 0 aliphatic heterocycles. The number of aromatic nitrogens is 2. The van der Waals surface area contributed by atoms with E-state index >= 15 is 0 Å². The van der Waals surface area contributed by atoms with Crippen molar-refractivity contribution in [1.82, 2.24) is 9.97 Å². The molecule has 3 N–H and O–H groups in total. The van der Waals surface area contributed by atoms with Gasteiger partial charge in [-0.15, -0.1) is 0 Å². The van der Waals surface area contributed by atoms with Crippen molar-refractivity contribution in [1.29, 1.82) is 0 Å². The van der Waals surface area contributed by atoms with Crippen LogP contribution in [0.1, 0.15) is 26.3 Å². The summed E-state index contributed by atoms with van der Waals surface area (Å²) in [6.07, 6.45) is 3.49. The molecule has 4 heteroatoms. The van der Waals surface area contributed by atoms with E-state index in [4.69, 9.17) is 5.73 Å². The summed E-state index contributed by atoms with van der Waals surface area (Å²) >= 11 is 0. The van der Waals surface area contributed by atoms with E-state index in [0.29, 0.717) is 5.95 Å². The Morgan fingerprint density at radius 1 is 1.05 bits per heavy atom. The Labute approximate surface area is 114 Å². The second kappa shape index (κ2) is 4.88. The van der Waals surface area contributed by atoms with Crippen molar-refractivity contribution in [2.75, 3.05) is 11.1 Å². The lowest BCUT2D eigenvalue weighted by Gasteiger charge is -2.23. The quantitative estimate of drug-likeness (QED) is 0.865. The van der Waals surface area contributed by atoms with Gasteiger partial charge in [-0.25, -0.2) is 9.97 Å². The van der Waals surface area contributed by atoms with E-state index in [9.17, 15) is 0 Å². The number of nitrogens with one attached hydrogen (secondary N) is 1. The monoisotopic (exact) mass is 256 g/mol. The topological polar surface area (TPSA) is 63.8 Å². The van der Waals surface area contributed by atoms with Crippen LogP contribution in [0.4, 0.5) is 11.6 Å². The smallest absolute Gasteiger partial charge is 0.219 e. The van der Waals surface area contributed by atoms with Crippen LogP contribution in [-0.2, 0) is 0 Å². The van der Waals surface area contributed by atoms with Gasteiger partial charge in [-0.05, 0) is 51.0 Å². The number of rotatable bonds is 2. The molecule has 0 aliphatic rings. The molecule has 0 aliphatic carbocycles. The summed E-state index contributed by atoms with van der Waals surface area (Å²) in [5.41, 5.74) is 9.96. The maximum Gasteiger partial charge on any atom is 0.219 e. The average molecular weight is 256 g/mol. The fraction of sp³-hybridized carbons (Fsp3) is 0.333. The molecule has 0 bridgehead atoms. The molecule has 0 saturated heterocycles. The first kappa shape index (κ1) is 13.3. The normalized spacial score (nSPS) is 11.4. The fourth-order valence-electron chi connectivity index (χ4n) is 1.87. The van der Waals surface area contributed by atoms with Gasteiger partial charge in [0.05, 0.1) is 0 Å². The van der Waals surface area contributed by atoms with Crippen molar-refractivity contribution in [2.24, 2.45) is 0 Å². The molecule has 2 rings (SSSR count). The lowest BCUT2D eigenvalue weighted by Crippen LogP contribution is -2.26. The SMILES string of the molecule is Cc1cc(-c2cnc(N)nc2)ccc1NC(C)(C)C. The molecule has 0 amide bonds. The molecular formula is C15H20N4. The van der Waals surface area contributed by atoms with Crippen molar-refractivity contribution < 1.29 is 0 Å². The van der Waals surface area contributed by atoms with Crippen LogP contribution in [0.3, 0.4) is 0 Å². The highest BCUT2D eigenvalue weighted by atomic mass is 15.0. The van der Waals surface area contributed by atoms with E-state index < -0.39 is 0 Å². The van der Waals surface area contributed by atoms with Gasteiger partial charge in [0.25, 0.3) is 0 Å².